The molecule has 166 valence electrons. The van der Waals surface area contributed by atoms with E-state index in [0.717, 1.165) is 23.4 Å². The Kier molecular flexibility index (Phi) is 5.66. The third-order valence-corrected chi connectivity index (χ3v) is 6.06. The van der Waals surface area contributed by atoms with Gasteiger partial charge in [0.05, 0.1) is 10.5 Å². The molecule has 0 spiro atoms. The smallest absolute Gasteiger partial charge is 0.280 e. The molecular weight excluding hydrogens is 442 g/mol. The summed E-state index contributed by atoms with van der Waals surface area (Å²) < 4.78 is 12.2. The number of anilines is 1. The van der Waals surface area contributed by atoms with Gasteiger partial charge in [-0.3, -0.25) is 10.1 Å². The lowest BCUT2D eigenvalue weighted by Crippen LogP contribution is -2.16. The van der Waals surface area contributed by atoms with Crippen LogP contribution in [0.25, 0.3) is 22.6 Å². The van der Waals surface area contributed by atoms with E-state index in [1.807, 2.05) is 24.3 Å². The SMILES string of the molecule is CCCSc1nnc2c(n1)O[C@H](c1ccc(-c3ccccc3[N+](=O)[O-])o1)Nc1ccccc1-2. The van der Waals surface area contributed by atoms with E-state index >= 15 is 0 Å². The molecule has 4 aromatic rings. The van der Waals surface area contributed by atoms with Crippen LogP contribution in [0.4, 0.5) is 11.4 Å². The lowest BCUT2D eigenvalue weighted by atomic mass is 10.1. The number of aromatic nitrogens is 3. The van der Waals surface area contributed by atoms with Crippen molar-refractivity contribution in [2.75, 3.05) is 11.1 Å². The number of rotatable bonds is 6. The zero-order chi connectivity index (χ0) is 22.8. The lowest BCUT2D eigenvalue weighted by molar-refractivity contribution is -0.384. The second kappa shape index (κ2) is 8.91. The Bertz CT molecular complexity index is 1330. The zero-order valence-electron chi connectivity index (χ0n) is 17.6. The summed E-state index contributed by atoms with van der Waals surface area (Å²) >= 11 is 1.51. The number of ether oxygens (including phenoxy) is 1. The molecule has 0 unspecified atom stereocenters. The molecule has 0 fully saturated rings. The maximum absolute atomic E-state index is 11.4. The first-order valence-corrected chi connectivity index (χ1v) is 11.4. The van der Waals surface area contributed by atoms with Crippen molar-refractivity contribution in [1.29, 1.82) is 0 Å². The van der Waals surface area contributed by atoms with Gasteiger partial charge in [-0.15, -0.1) is 10.2 Å². The predicted molar refractivity (Wildman–Crippen MR) is 124 cm³/mol. The molecule has 1 aliphatic rings. The van der Waals surface area contributed by atoms with E-state index in [1.165, 1.54) is 17.8 Å². The van der Waals surface area contributed by atoms with E-state index < -0.39 is 11.2 Å². The number of fused-ring (bicyclic) bond motifs is 3. The molecule has 2 aromatic carbocycles. The number of nitrogens with one attached hydrogen (secondary N) is 1. The first kappa shape index (κ1) is 21.0. The van der Waals surface area contributed by atoms with Crippen molar-refractivity contribution in [3.05, 3.63) is 76.5 Å². The van der Waals surface area contributed by atoms with Crippen LogP contribution in [0.15, 0.2) is 70.2 Å². The van der Waals surface area contributed by atoms with E-state index in [-0.39, 0.29) is 5.69 Å². The third kappa shape index (κ3) is 4.12. The summed E-state index contributed by atoms with van der Waals surface area (Å²) in [6.07, 6.45) is 0.268. The highest BCUT2D eigenvalue weighted by atomic mass is 32.2. The van der Waals surface area contributed by atoms with Gasteiger partial charge in [-0.1, -0.05) is 49.0 Å². The van der Waals surface area contributed by atoms with Crippen LogP contribution in [-0.2, 0) is 0 Å². The van der Waals surface area contributed by atoms with E-state index in [1.54, 1.807) is 30.3 Å². The van der Waals surface area contributed by atoms with Crippen molar-refractivity contribution in [2.24, 2.45) is 0 Å². The molecule has 2 aromatic heterocycles. The number of para-hydroxylation sites is 2. The molecule has 33 heavy (non-hydrogen) atoms. The van der Waals surface area contributed by atoms with Gasteiger partial charge in [-0.05, 0) is 30.7 Å². The summed E-state index contributed by atoms with van der Waals surface area (Å²) in [5.41, 5.74) is 2.50. The number of nitro groups is 1. The van der Waals surface area contributed by atoms with Crippen LogP contribution in [0.3, 0.4) is 0 Å². The molecule has 3 heterocycles. The summed E-state index contributed by atoms with van der Waals surface area (Å²) in [7, 11) is 0. The molecule has 0 radical (unpaired) electrons. The number of nitro benzene ring substituents is 1. The van der Waals surface area contributed by atoms with Crippen molar-refractivity contribution in [3.63, 3.8) is 0 Å². The van der Waals surface area contributed by atoms with Gasteiger partial charge in [-0.2, -0.15) is 4.98 Å². The van der Waals surface area contributed by atoms with Gasteiger partial charge in [0.25, 0.3) is 5.69 Å². The molecule has 1 N–H and O–H groups in total. The minimum Gasteiger partial charge on any atom is -0.455 e. The topological polar surface area (TPSA) is 116 Å². The van der Waals surface area contributed by atoms with Crippen LogP contribution >= 0.6 is 11.8 Å². The van der Waals surface area contributed by atoms with Crippen LogP contribution < -0.4 is 10.1 Å². The lowest BCUT2D eigenvalue weighted by Gasteiger charge is -2.16. The maximum atomic E-state index is 11.4. The monoisotopic (exact) mass is 461 g/mol. The fourth-order valence-electron chi connectivity index (χ4n) is 3.51. The molecule has 1 atom stereocenters. The van der Waals surface area contributed by atoms with Crippen molar-refractivity contribution in [2.45, 2.75) is 24.7 Å². The second-order valence-electron chi connectivity index (χ2n) is 7.26. The average molecular weight is 462 g/mol. The average Bonchev–Trinajstić information content (AvgIpc) is 3.27. The molecule has 0 saturated carbocycles. The van der Waals surface area contributed by atoms with Crippen LogP contribution in [0, 0.1) is 10.1 Å². The fraction of sp³-hybridized carbons (Fsp3) is 0.174. The maximum Gasteiger partial charge on any atom is 0.280 e. The van der Waals surface area contributed by atoms with Crippen LogP contribution in [0.1, 0.15) is 25.3 Å². The van der Waals surface area contributed by atoms with E-state index in [0.29, 0.717) is 33.8 Å². The summed E-state index contributed by atoms with van der Waals surface area (Å²) in [5, 5.41) is 23.9. The van der Waals surface area contributed by atoms with Gasteiger partial charge in [0.1, 0.15) is 5.76 Å². The first-order chi connectivity index (χ1) is 16.1. The number of hydrogen-bond donors (Lipinski definition) is 1. The normalized spacial score (nSPS) is 14.4. The van der Waals surface area contributed by atoms with Gasteiger partial charge >= 0.3 is 0 Å². The molecule has 0 saturated heterocycles. The number of nitrogens with zero attached hydrogens (tertiary/aromatic N) is 4. The van der Waals surface area contributed by atoms with Gasteiger partial charge in [0.2, 0.25) is 17.3 Å². The highest BCUT2D eigenvalue weighted by molar-refractivity contribution is 7.99. The minimum absolute atomic E-state index is 0.0293. The Labute approximate surface area is 193 Å². The quantitative estimate of drug-likeness (QED) is 0.219. The highest BCUT2D eigenvalue weighted by Crippen LogP contribution is 2.40. The van der Waals surface area contributed by atoms with Crippen LogP contribution in [0.5, 0.6) is 5.88 Å². The minimum atomic E-state index is -0.718. The molecule has 5 rings (SSSR count). The standard InChI is InChI=1S/C23H19N5O4S/c1-2-13-33-23-25-22-20(26-27-23)14-7-3-5-9-16(14)24-21(32-22)19-12-11-18(31-19)15-8-4-6-10-17(15)28(29)30/h3-12,21,24H,2,13H2,1H3/t21-/m1/s1. The van der Waals surface area contributed by atoms with Crippen LogP contribution in [0.2, 0.25) is 0 Å². The summed E-state index contributed by atoms with van der Waals surface area (Å²) in [4.78, 5) is 15.6. The summed E-state index contributed by atoms with van der Waals surface area (Å²) in [6, 6.07) is 17.5. The fourth-order valence-corrected chi connectivity index (χ4v) is 4.14. The highest BCUT2D eigenvalue weighted by Gasteiger charge is 2.28. The Morgan fingerprint density at radius 3 is 2.67 bits per heavy atom. The largest absolute Gasteiger partial charge is 0.455 e. The van der Waals surface area contributed by atoms with E-state index in [9.17, 15) is 10.1 Å². The van der Waals surface area contributed by atoms with Crippen LogP contribution in [-0.4, -0.2) is 25.9 Å². The van der Waals surface area contributed by atoms with Gasteiger partial charge in [0, 0.05) is 23.1 Å². The summed E-state index contributed by atoms with van der Waals surface area (Å²) in [6.45, 7) is 2.09. The predicted octanol–water partition coefficient (Wildman–Crippen LogP) is 5.71. The number of furan rings is 1. The first-order valence-electron chi connectivity index (χ1n) is 10.4. The Hall–Kier alpha value is -3.92. The Balaban J connectivity index is 1.54. The number of benzene rings is 2. The van der Waals surface area contributed by atoms with Gasteiger partial charge < -0.3 is 14.5 Å². The Morgan fingerprint density at radius 1 is 1.06 bits per heavy atom. The number of hydrogen-bond acceptors (Lipinski definition) is 9. The molecular formula is C23H19N5O4S. The Morgan fingerprint density at radius 2 is 1.85 bits per heavy atom. The molecule has 1 aliphatic heterocycles. The summed E-state index contributed by atoms with van der Waals surface area (Å²) in [5.74, 6) is 2.04. The van der Waals surface area contributed by atoms with Crippen molar-refractivity contribution >= 4 is 23.1 Å². The zero-order valence-corrected chi connectivity index (χ0v) is 18.4. The van der Waals surface area contributed by atoms with Crippen molar-refractivity contribution < 1.29 is 14.1 Å². The van der Waals surface area contributed by atoms with E-state index in [4.69, 9.17) is 9.15 Å². The number of thioether (sulfide) groups is 1. The molecule has 0 aliphatic carbocycles. The second-order valence-corrected chi connectivity index (χ2v) is 8.32. The molecule has 0 bridgehead atoms. The molecule has 10 heteroatoms. The molecule has 9 nitrogen and oxygen atoms in total. The third-order valence-electron chi connectivity index (χ3n) is 5.02. The van der Waals surface area contributed by atoms with E-state index in [2.05, 4.69) is 27.4 Å². The van der Waals surface area contributed by atoms with Gasteiger partial charge in [-0.25, -0.2) is 0 Å². The van der Waals surface area contributed by atoms with Crippen molar-refractivity contribution in [3.8, 4) is 28.5 Å². The van der Waals surface area contributed by atoms with Gasteiger partial charge in [0.15, 0.2) is 11.5 Å². The molecule has 0 amide bonds. The van der Waals surface area contributed by atoms with Crippen molar-refractivity contribution in [1.82, 2.24) is 15.2 Å².